The van der Waals surface area contributed by atoms with Gasteiger partial charge in [0.25, 0.3) is 0 Å². The van der Waals surface area contributed by atoms with Crippen LogP contribution in [0, 0.1) is 0 Å². The molecule has 11 heavy (non-hydrogen) atoms. The van der Waals surface area contributed by atoms with Crippen LogP contribution in [0.1, 0.15) is 0 Å². The monoisotopic (exact) mass is 190 g/mol. The van der Waals surface area contributed by atoms with Crippen LogP contribution in [0.15, 0.2) is 30.3 Å². The maximum absolute atomic E-state index is 10.9. The zero-order chi connectivity index (χ0) is 8.32. The standard InChI is InChI=1S/C7H8ClO2P/c1-11(8,9)10-7-5-3-2-4-6-7/h2-6H,1H3/t11-/m0/s1. The lowest BCUT2D eigenvalue weighted by atomic mass is 10.3. The second-order valence-electron chi connectivity index (χ2n) is 2.15. The quantitative estimate of drug-likeness (QED) is 0.670. The highest BCUT2D eigenvalue weighted by Crippen LogP contribution is 2.47. The lowest BCUT2D eigenvalue weighted by molar-refractivity contribution is 0.504. The summed E-state index contributed by atoms with van der Waals surface area (Å²) < 4.78 is 15.8. The molecular formula is C7H8ClO2P. The van der Waals surface area contributed by atoms with E-state index in [2.05, 4.69) is 0 Å². The summed E-state index contributed by atoms with van der Waals surface area (Å²) >= 11 is 5.40. The van der Waals surface area contributed by atoms with Gasteiger partial charge in [-0.2, -0.15) is 0 Å². The van der Waals surface area contributed by atoms with Crippen LogP contribution < -0.4 is 4.52 Å². The summed E-state index contributed by atoms with van der Waals surface area (Å²) in [5, 5.41) is 0. The van der Waals surface area contributed by atoms with E-state index < -0.39 is 6.72 Å². The van der Waals surface area contributed by atoms with Crippen molar-refractivity contribution in [1.82, 2.24) is 0 Å². The third-order valence-corrected chi connectivity index (χ3v) is 1.76. The molecule has 0 N–H and O–H groups in total. The zero-order valence-electron chi connectivity index (χ0n) is 6.03. The van der Waals surface area contributed by atoms with Crippen molar-refractivity contribution >= 4 is 18.0 Å². The van der Waals surface area contributed by atoms with Crippen molar-refractivity contribution in [1.29, 1.82) is 0 Å². The maximum atomic E-state index is 10.9. The molecule has 1 aromatic rings. The Balaban J connectivity index is 2.74. The molecule has 0 bridgehead atoms. The Morgan fingerprint density at radius 3 is 2.36 bits per heavy atom. The Hall–Kier alpha value is -0.460. The van der Waals surface area contributed by atoms with Crippen molar-refractivity contribution in [2.75, 3.05) is 6.66 Å². The van der Waals surface area contributed by atoms with E-state index >= 15 is 0 Å². The van der Waals surface area contributed by atoms with E-state index in [9.17, 15) is 4.57 Å². The van der Waals surface area contributed by atoms with E-state index in [1.54, 1.807) is 24.3 Å². The van der Waals surface area contributed by atoms with Crippen molar-refractivity contribution in [2.45, 2.75) is 0 Å². The zero-order valence-corrected chi connectivity index (χ0v) is 7.68. The number of rotatable bonds is 2. The van der Waals surface area contributed by atoms with Crippen molar-refractivity contribution in [3.05, 3.63) is 30.3 Å². The average molecular weight is 191 g/mol. The average Bonchev–Trinajstić information content (AvgIpc) is 1.85. The first-order valence-electron chi connectivity index (χ1n) is 3.10. The summed E-state index contributed by atoms with van der Waals surface area (Å²) in [6, 6.07) is 8.85. The summed E-state index contributed by atoms with van der Waals surface area (Å²) in [6.07, 6.45) is 0. The van der Waals surface area contributed by atoms with Crippen LogP contribution in [-0.2, 0) is 4.57 Å². The SMILES string of the molecule is C[P@@](=O)(Cl)Oc1ccccc1. The molecule has 1 rings (SSSR count). The molecule has 0 saturated carbocycles. The Labute approximate surface area is 70.4 Å². The summed E-state index contributed by atoms with van der Waals surface area (Å²) in [5.41, 5.74) is 0. The first-order chi connectivity index (χ1) is 5.08. The second kappa shape index (κ2) is 3.29. The summed E-state index contributed by atoms with van der Waals surface area (Å²) in [6.45, 7) is -1.55. The number of hydrogen-bond donors (Lipinski definition) is 0. The summed E-state index contributed by atoms with van der Waals surface area (Å²) in [7, 11) is 0. The summed E-state index contributed by atoms with van der Waals surface area (Å²) in [4.78, 5) is 0. The number of halogens is 1. The van der Waals surface area contributed by atoms with E-state index in [-0.39, 0.29) is 0 Å². The first kappa shape index (κ1) is 8.63. The van der Waals surface area contributed by atoms with Gasteiger partial charge in [0.15, 0.2) is 0 Å². The lowest BCUT2D eigenvalue weighted by Crippen LogP contribution is -1.82. The van der Waals surface area contributed by atoms with Crippen LogP contribution in [-0.4, -0.2) is 6.66 Å². The topological polar surface area (TPSA) is 26.3 Å². The van der Waals surface area contributed by atoms with Crippen molar-refractivity contribution in [3.63, 3.8) is 0 Å². The highest BCUT2D eigenvalue weighted by Gasteiger charge is 2.10. The minimum Gasteiger partial charge on any atom is -0.433 e. The molecule has 0 heterocycles. The third kappa shape index (κ3) is 3.45. The summed E-state index contributed by atoms with van der Waals surface area (Å²) in [5.74, 6) is 0.535. The van der Waals surface area contributed by atoms with Crippen LogP contribution in [0.5, 0.6) is 5.75 Å². The Morgan fingerprint density at radius 1 is 1.36 bits per heavy atom. The molecule has 0 aliphatic rings. The molecule has 2 nitrogen and oxygen atoms in total. The minimum absolute atomic E-state index is 0.535. The van der Waals surface area contributed by atoms with Gasteiger partial charge in [-0.25, -0.2) is 0 Å². The smallest absolute Gasteiger partial charge is 0.333 e. The van der Waals surface area contributed by atoms with Crippen molar-refractivity contribution in [3.8, 4) is 5.75 Å². The predicted molar refractivity (Wildman–Crippen MR) is 46.5 cm³/mol. The number of benzene rings is 1. The van der Waals surface area contributed by atoms with Crippen LogP contribution in [0.3, 0.4) is 0 Å². The van der Waals surface area contributed by atoms with E-state index in [1.807, 2.05) is 6.07 Å². The largest absolute Gasteiger partial charge is 0.433 e. The van der Waals surface area contributed by atoms with Crippen molar-refractivity contribution in [2.24, 2.45) is 0 Å². The van der Waals surface area contributed by atoms with Gasteiger partial charge in [0.05, 0.1) is 0 Å². The molecule has 0 amide bonds. The molecule has 0 aromatic heterocycles. The normalized spacial score (nSPS) is 15.5. The minimum atomic E-state index is -2.92. The first-order valence-corrected chi connectivity index (χ1v) is 6.07. The van der Waals surface area contributed by atoms with Gasteiger partial charge in [0.1, 0.15) is 5.75 Å². The molecule has 0 unspecified atom stereocenters. The number of para-hydroxylation sites is 1. The van der Waals surface area contributed by atoms with E-state index in [0.29, 0.717) is 5.75 Å². The van der Waals surface area contributed by atoms with Gasteiger partial charge in [0, 0.05) is 6.66 Å². The fourth-order valence-corrected chi connectivity index (χ4v) is 1.41. The molecule has 1 atom stereocenters. The second-order valence-corrected chi connectivity index (χ2v) is 5.67. The molecule has 1 aromatic carbocycles. The molecule has 0 aliphatic carbocycles. The van der Waals surface area contributed by atoms with Gasteiger partial charge >= 0.3 is 6.72 Å². The maximum Gasteiger partial charge on any atom is 0.333 e. The highest BCUT2D eigenvalue weighted by atomic mass is 35.7. The van der Waals surface area contributed by atoms with E-state index in [0.717, 1.165) is 0 Å². The van der Waals surface area contributed by atoms with Gasteiger partial charge in [-0.3, -0.25) is 4.57 Å². The molecule has 0 spiro atoms. The van der Waals surface area contributed by atoms with Crippen LogP contribution in [0.4, 0.5) is 0 Å². The Bertz CT molecular complexity index is 267. The number of hydrogen-bond acceptors (Lipinski definition) is 2. The lowest BCUT2D eigenvalue weighted by Gasteiger charge is -2.06. The van der Waals surface area contributed by atoms with Gasteiger partial charge in [-0.15, -0.1) is 0 Å². The van der Waals surface area contributed by atoms with Crippen LogP contribution in [0.25, 0.3) is 0 Å². The molecule has 0 fully saturated rings. The highest BCUT2D eigenvalue weighted by molar-refractivity contribution is 7.85. The molecule has 0 radical (unpaired) electrons. The van der Waals surface area contributed by atoms with Gasteiger partial charge in [-0.1, -0.05) is 18.2 Å². The Morgan fingerprint density at radius 2 is 1.91 bits per heavy atom. The Kier molecular flexibility index (Phi) is 2.58. The van der Waals surface area contributed by atoms with Gasteiger partial charge in [-0.05, 0) is 23.4 Å². The molecule has 0 aliphatic heterocycles. The van der Waals surface area contributed by atoms with Crippen molar-refractivity contribution < 1.29 is 9.09 Å². The fourth-order valence-electron chi connectivity index (χ4n) is 0.670. The van der Waals surface area contributed by atoms with E-state index in [1.165, 1.54) is 6.66 Å². The van der Waals surface area contributed by atoms with Gasteiger partial charge in [0.2, 0.25) is 0 Å². The molecule has 60 valence electrons. The third-order valence-electron chi connectivity index (χ3n) is 1.01. The molecular weight excluding hydrogens is 183 g/mol. The van der Waals surface area contributed by atoms with Crippen LogP contribution >= 0.6 is 18.0 Å². The van der Waals surface area contributed by atoms with Gasteiger partial charge < -0.3 is 4.52 Å². The van der Waals surface area contributed by atoms with E-state index in [4.69, 9.17) is 15.8 Å². The molecule has 4 heteroatoms. The molecule has 0 saturated heterocycles. The van der Waals surface area contributed by atoms with Crippen LogP contribution in [0.2, 0.25) is 0 Å². The fraction of sp³-hybridized carbons (Fsp3) is 0.143. The predicted octanol–water partition coefficient (Wildman–Crippen LogP) is 3.13.